The van der Waals surface area contributed by atoms with Crippen molar-refractivity contribution in [1.82, 2.24) is 34.6 Å². The zero-order valence-electron chi connectivity index (χ0n) is 23.2. The van der Waals surface area contributed by atoms with E-state index in [1.807, 2.05) is 41.8 Å². The highest BCUT2D eigenvalue weighted by Gasteiger charge is 2.38. The minimum Gasteiger partial charge on any atom is -0.490 e. The molecule has 0 aliphatic heterocycles. The predicted octanol–water partition coefficient (Wildman–Crippen LogP) is 3.65. The van der Waals surface area contributed by atoms with E-state index in [-0.39, 0.29) is 5.82 Å². The SMILES string of the molecule is CCn1c(-c2nonc2N)nc2c(-c3ccccc3)ncc(OCCCN(C)CCN(C)C)c21.O=C(O)C(F)(F)F. The zero-order chi connectivity index (χ0) is 30.2. The summed E-state index contributed by atoms with van der Waals surface area (Å²) in [6, 6.07) is 9.98. The number of aliphatic carboxylic acids is 1. The third-order valence-corrected chi connectivity index (χ3v) is 5.94. The Kier molecular flexibility index (Phi) is 10.6. The van der Waals surface area contributed by atoms with Crippen LogP contribution < -0.4 is 10.5 Å². The molecule has 4 rings (SSSR count). The van der Waals surface area contributed by atoms with Gasteiger partial charge in [0.15, 0.2) is 23.1 Å². The average Bonchev–Trinajstić information content (AvgIpc) is 3.53. The number of benzene rings is 1. The van der Waals surface area contributed by atoms with Crippen molar-refractivity contribution in [2.45, 2.75) is 26.1 Å². The molecule has 0 spiro atoms. The topological polar surface area (TPSA) is 149 Å². The molecule has 4 aromatic rings. The molecule has 0 bridgehead atoms. The van der Waals surface area contributed by atoms with Gasteiger partial charge in [-0.15, -0.1) is 0 Å². The highest BCUT2D eigenvalue weighted by Crippen LogP contribution is 2.36. The van der Waals surface area contributed by atoms with E-state index in [2.05, 4.69) is 41.3 Å². The van der Waals surface area contributed by atoms with Crippen LogP contribution in [-0.2, 0) is 11.3 Å². The van der Waals surface area contributed by atoms with E-state index in [1.54, 1.807) is 6.20 Å². The lowest BCUT2D eigenvalue weighted by molar-refractivity contribution is -0.192. The first-order valence-electron chi connectivity index (χ1n) is 12.7. The summed E-state index contributed by atoms with van der Waals surface area (Å²) in [5.74, 6) is -1.30. The van der Waals surface area contributed by atoms with Gasteiger partial charge >= 0.3 is 12.1 Å². The van der Waals surface area contributed by atoms with Gasteiger partial charge in [0.2, 0.25) is 0 Å². The van der Waals surface area contributed by atoms with Gasteiger partial charge in [-0.1, -0.05) is 30.3 Å². The molecule has 0 radical (unpaired) electrons. The van der Waals surface area contributed by atoms with E-state index in [9.17, 15) is 13.2 Å². The predicted molar refractivity (Wildman–Crippen MR) is 146 cm³/mol. The molecule has 0 fully saturated rings. The van der Waals surface area contributed by atoms with Gasteiger partial charge in [-0.05, 0) is 44.8 Å². The molecule has 0 aliphatic carbocycles. The summed E-state index contributed by atoms with van der Waals surface area (Å²) < 4.78 is 44.8. The number of hydrogen-bond donors (Lipinski definition) is 2. The highest BCUT2D eigenvalue weighted by atomic mass is 19.4. The van der Waals surface area contributed by atoms with E-state index >= 15 is 0 Å². The highest BCUT2D eigenvalue weighted by molar-refractivity contribution is 5.95. The van der Waals surface area contributed by atoms with E-state index in [0.29, 0.717) is 30.4 Å². The van der Waals surface area contributed by atoms with Gasteiger partial charge in [0.05, 0.1) is 18.5 Å². The quantitative estimate of drug-likeness (QED) is 0.251. The number of hydrogen-bond acceptors (Lipinski definition) is 10. The number of rotatable bonds is 11. The monoisotopic (exact) mass is 578 g/mol. The Morgan fingerprint density at radius 2 is 1.78 bits per heavy atom. The zero-order valence-corrected chi connectivity index (χ0v) is 23.2. The summed E-state index contributed by atoms with van der Waals surface area (Å²) >= 11 is 0. The minimum absolute atomic E-state index is 0.197. The lowest BCUT2D eigenvalue weighted by Gasteiger charge is -2.19. The van der Waals surface area contributed by atoms with Crippen molar-refractivity contribution in [3.8, 4) is 28.5 Å². The fraction of sp³-hybridized carbons (Fsp3) is 0.423. The first kappa shape index (κ1) is 31.3. The second kappa shape index (κ2) is 13.9. The summed E-state index contributed by atoms with van der Waals surface area (Å²) in [5.41, 5.74) is 9.74. The van der Waals surface area contributed by atoms with Crippen molar-refractivity contribution >= 4 is 22.8 Å². The minimum atomic E-state index is -5.08. The number of fused-ring (bicyclic) bond motifs is 1. The molecule has 12 nitrogen and oxygen atoms in total. The van der Waals surface area contributed by atoms with Gasteiger partial charge in [0, 0.05) is 31.7 Å². The van der Waals surface area contributed by atoms with Crippen LogP contribution in [0.2, 0.25) is 0 Å². The van der Waals surface area contributed by atoms with Crippen molar-refractivity contribution in [1.29, 1.82) is 0 Å². The number of aryl methyl sites for hydroxylation is 1. The third-order valence-electron chi connectivity index (χ3n) is 5.94. The van der Waals surface area contributed by atoms with Crippen LogP contribution in [0.5, 0.6) is 5.75 Å². The van der Waals surface area contributed by atoms with Crippen LogP contribution in [0.15, 0.2) is 41.2 Å². The Hall–Kier alpha value is -4.24. The second-order valence-electron chi connectivity index (χ2n) is 9.32. The van der Waals surface area contributed by atoms with E-state index < -0.39 is 12.1 Å². The number of likely N-dealkylation sites (N-methyl/N-ethyl adjacent to an activating group) is 2. The number of alkyl halides is 3. The van der Waals surface area contributed by atoms with Crippen molar-refractivity contribution in [2.75, 3.05) is 53.1 Å². The molecule has 15 heteroatoms. The average molecular weight is 579 g/mol. The molecule has 0 unspecified atom stereocenters. The van der Waals surface area contributed by atoms with Gasteiger partial charge in [0.1, 0.15) is 11.0 Å². The Labute approximate surface area is 234 Å². The van der Waals surface area contributed by atoms with Crippen LogP contribution in [0.3, 0.4) is 0 Å². The number of carboxylic acids is 1. The van der Waals surface area contributed by atoms with Crippen molar-refractivity contribution in [3.05, 3.63) is 36.5 Å². The Morgan fingerprint density at radius 1 is 1.10 bits per heavy atom. The van der Waals surface area contributed by atoms with Crippen LogP contribution in [-0.4, -0.2) is 99.3 Å². The van der Waals surface area contributed by atoms with Crippen molar-refractivity contribution in [2.24, 2.45) is 0 Å². The number of halogens is 3. The van der Waals surface area contributed by atoms with Crippen molar-refractivity contribution < 1.29 is 32.4 Å². The number of imidazole rings is 1. The Balaban J connectivity index is 0.000000587. The number of aromatic nitrogens is 5. The summed E-state index contributed by atoms with van der Waals surface area (Å²) in [6.45, 7) is 6.25. The largest absolute Gasteiger partial charge is 0.490 e. The molecule has 0 saturated heterocycles. The fourth-order valence-corrected chi connectivity index (χ4v) is 3.86. The van der Waals surface area contributed by atoms with E-state index in [1.165, 1.54) is 0 Å². The van der Waals surface area contributed by atoms with Crippen LogP contribution in [0.25, 0.3) is 33.8 Å². The molecule has 3 aromatic heterocycles. The number of ether oxygens (including phenoxy) is 1. The van der Waals surface area contributed by atoms with Crippen LogP contribution >= 0.6 is 0 Å². The molecule has 1 aromatic carbocycles. The molecule has 3 heterocycles. The second-order valence-corrected chi connectivity index (χ2v) is 9.32. The molecule has 222 valence electrons. The van der Waals surface area contributed by atoms with Crippen LogP contribution in [0.1, 0.15) is 13.3 Å². The van der Waals surface area contributed by atoms with E-state index in [0.717, 1.165) is 48.3 Å². The summed E-state index contributed by atoms with van der Waals surface area (Å²) in [4.78, 5) is 23.0. The molecular weight excluding hydrogens is 545 g/mol. The summed E-state index contributed by atoms with van der Waals surface area (Å²) in [6.07, 6.45) is -2.40. The number of nitrogen functional groups attached to an aromatic ring is 1. The molecule has 41 heavy (non-hydrogen) atoms. The fourth-order valence-electron chi connectivity index (χ4n) is 3.86. The maximum atomic E-state index is 10.6. The first-order valence-corrected chi connectivity index (χ1v) is 12.7. The number of pyridine rings is 1. The first-order chi connectivity index (χ1) is 19.4. The molecule has 0 amide bonds. The van der Waals surface area contributed by atoms with Gasteiger partial charge in [-0.2, -0.15) is 13.2 Å². The van der Waals surface area contributed by atoms with Gasteiger partial charge in [-0.3, -0.25) is 0 Å². The number of carboxylic acid groups (broad SMARTS) is 1. The standard InChI is InChI=1S/C24H32N8O2.C2HF3O2/c1-5-32-22-18(33-15-9-12-31(4)14-13-30(2)3)16-26-19(17-10-7-6-8-11-17)20(22)27-24(32)21-23(25)29-34-28-21;3-2(4,5)1(6)7/h6-8,10-11,16H,5,9,12-15H2,1-4H3,(H2,25,29);(H,6,7). The van der Waals surface area contributed by atoms with Crippen LogP contribution in [0.4, 0.5) is 19.0 Å². The maximum absolute atomic E-state index is 10.6. The Morgan fingerprint density at radius 3 is 2.34 bits per heavy atom. The molecule has 0 aliphatic rings. The van der Waals surface area contributed by atoms with Gasteiger partial charge in [-0.25, -0.2) is 19.4 Å². The third kappa shape index (κ3) is 8.14. The lowest BCUT2D eigenvalue weighted by atomic mass is 10.1. The van der Waals surface area contributed by atoms with E-state index in [4.69, 9.17) is 35.0 Å². The molecular formula is C26H33F3N8O4. The summed E-state index contributed by atoms with van der Waals surface area (Å²) in [7, 11) is 6.30. The van der Waals surface area contributed by atoms with Gasteiger partial charge in [0.25, 0.3) is 0 Å². The number of carbonyl (C=O) groups is 1. The number of nitrogens with zero attached hydrogens (tertiary/aromatic N) is 7. The lowest BCUT2D eigenvalue weighted by Crippen LogP contribution is -2.30. The number of nitrogens with two attached hydrogens (primary N) is 1. The molecule has 0 atom stereocenters. The Bertz CT molecular complexity index is 1420. The van der Waals surface area contributed by atoms with Crippen LogP contribution in [0, 0.1) is 0 Å². The normalized spacial score (nSPS) is 11.6. The molecule has 0 saturated carbocycles. The maximum Gasteiger partial charge on any atom is 0.490 e. The molecule has 3 N–H and O–H groups in total. The van der Waals surface area contributed by atoms with Crippen molar-refractivity contribution in [3.63, 3.8) is 0 Å². The summed E-state index contributed by atoms with van der Waals surface area (Å²) in [5, 5.41) is 14.8. The smallest absolute Gasteiger partial charge is 0.490 e. The number of anilines is 1. The van der Waals surface area contributed by atoms with Gasteiger partial charge < -0.3 is 29.9 Å².